The maximum Gasteiger partial charge on any atom is 0.410 e. The molecule has 0 radical (unpaired) electrons. The summed E-state index contributed by atoms with van der Waals surface area (Å²) in [4.78, 5) is 22.1. The van der Waals surface area contributed by atoms with Crippen molar-refractivity contribution in [2.24, 2.45) is 11.8 Å². The van der Waals surface area contributed by atoms with Crippen LogP contribution in [0.25, 0.3) is 0 Å². The minimum Gasteiger partial charge on any atom is -0.471 e. The van der Waals surface area contributed by atoms with Crippen LogP contribution in [0.15, 0.2) is 18.5 Å². The third kappa shape index (κ3) is 5.27. The van der Waals surface area contributed by atoms with E-state index in [0.717, 1.165) is 6.33 Å². The molecule has 2 saturated heterocycles. The lowest BCUT2D eigenvalue weighted by molar-refractivity contribution is -0.114. The van der Waals surface area contributed by atoms with Gasteiger partial charge in [0.25, 0.3) is 5.88 Å². The van der Waals surface area contributed by atoms with E-state index < -0.39 is 29.4 Å². The first kappa shape index (κ1) is 24.6. The number of hydrogen-bond donors (Lipinski definition) is 1. The standard InChI is InChI=1S/C24H27F2N5O4/c1-13-16(7-27)18(6-5-17(13)25)30-21-19(26)22(29-12-28-21)34-20-14-8-31(9-15(20)11-33-10-14)23(32)35-24(2,3)4/h5-6,12,14-15,20H,8-11H2,1-4H3,(H,28,29,30). The number of benzene rings is 1. The molecule has 3 heterocycles. The van der Waals surface area contributed by atoms with Gasteiger partial charge in [-0.05, 0) is 39.8 Å². The third-order valence-electron chi connectivity index (χ3n) is 5.92. The molecule has 2 aliphatic heterocycles. The van der Waals surface area contributed by atoms with Crippen LogP contribution < -0.4 is 10.1 Å². The predicted molar refractivity (Wildman–Crippen MR) is 121 cm³/mol. The molecule has 11 heteroatoms. The van der Waals surface area contributed by atoms with Crippen LogP contribution in [0.3, 0.4) is 0 Å². The summed E-state index contributed by atoms with van der Waals surface area (Å²) in [5.74, 6) is -2.24. The molecule has 1 amide bonds. The quantitative estimate of drug-likeness (QED) is 0.691. The first-order valence-electron chi connectivity index (χ1n) is 11.3. The van der Waals surface area contributed by atoms with Gasteiger partial charge >= 0.3 is 6.09 Å². The number of anilines is 2. The van der Waals surface area contributed by atoms with E-state index in [4.69, 9.17) is 14.2 Å². The van der Waals surface area contributed by atoms with Crippen molar-refractivity contribution in [3.63, 3.8) is 0 Å². The van der Waals surface area contributed by atoms with Crippen LogP contribution in [0.4, 0.5) is 25.1 Å². The average molecular weight is 488 g/mol. The Balaban J connectivity index is 1.52. The summed E-state index contributed by atoms with van der Waals surface area (Å²) >= 11 is 0. The van der Waals surface area contributed by atoms with Gasteiger partial charge in [-0.1, -0.05) is 0 Å². The second kappa shape index (κ2) is 9.62. The molecule has 9 nitrogen and oxygen atoms in total. The highest BCUT2D eigenvalue weighted by Crippen LogP contribution is 2.34. The Hall–Kier alpha value is -3.52. The van der Waals surface area contributed by atoms with Crippen molar-refractivity contribution in [2.45, 2.75) is 39.4 Å². The number of carbonyl (C=O) groups excluding carboxylic acids is 1. The Morgan fingerprint density at radius 2 is 1.91 bits per heavy atom. The van der Waals surface area contributed by atoms with Crippen molar-refractivity contribution < 1.29 is 27.8 Å². The summed E-state index contributed by atoms with van der Waals surface area (Å²) in [7, 11) is 0. The van der Waals surface area contributed by atoms with Crippen molar-refractivity contribution in [1.82, 2.24) is 14.9 Å². The van der Waals surface area contributed by atoms with Gasteiger partial charge in [0, 0.05) is 30.5 Å². The monoisotopic (exact) mass is 487 g/mol. The minimum atomic E-state index is -0.841. The van der Waals surface area contributed by atoms with Gasteiger partial charge in [0.15, 0.2) is 5.82 Å². The molecular formula is C24H27F2N5O4. The van der Waals surface area contributed by atoms with Gasteiger partial charge in [-0.15, -0.1) is 0 Å². The molecule has 1 aromatic heterocycles. The number of hydrogen-bond acceptors (Lipinski definition) is 8. The molecule has 2 fully saturated rings. The van der Waals surface area contributed by atoms with E-state index in [-0.39, 0.29) is 40.3 Å². The summed E-state index contributed by atoms with van der Waals surface area (Å²) in [5.41, 5.74) is -0.205. The Labute approximate surface area is 202 Å². The first-order valence-corrected chi connectivity index (χ1v) is 11.3. The van der Waals surface area contributed by atoms with Gasteiger partial charge < -0.3 is 24.4 Å². The van der Waals surface area contributed by atoms with Crippen molar-refractivity contribution in [3.8, 4) is 11.9 Å². The van der Waals surface area contributed by atoms with E-state index in [2.05, 4.69) is 15.3 Å². The average Bonchev–Trinajstić information content (AvgIpc) is 2.77. The number of fused-ring (bicyclic) bond motifs is 2. The fourth-order valence-electron chi connectivity index (χ4n) is 4.28. The number of ether oxygens (including phenoxy) is 3. The lowest BCUT2D eigenvalue weighted by atomic mass is 9.84. The number of nitrogens with one attached hydrogen (secondary N) is 1. The Morgan fingerprint density at radius 1 is 1.23 bits per heavy atom. The van der Waals surface area contributed by atoms with E-state index in [9.17, 15) is 14.4 Å². The van der Waals surface area contributed by atoms with Gasteiger partial charge in [0.05, 0.1) is 24.5 Å². The van der Waals surface area contributed by atoms with Gasteiger partial charge in [-0.3, -0.25) is 0 Å². The molecule has 1 N–H and O–H groups in total. The number of carbonyl (C=O) groups is 1. The number of amides is 1. The number of nitriles is 1. The van der Waals surface area contributed by atoms with Crippen molar-refractivity contribution in [1.29, 1.82) is 5.26 Å². The van der Waals surface area contributed by atoms with Crippen LogP contribution in [0.1, 0.15) is 31.9 Å². The normalized spacial score (nSPS) is 21.7. The van der Waals surface area contributed by atoms with E-state index in [1.54, 1.807) is 25.7 Å². The maximum atomic E-state index is 15.3. The Kier molecular flexibility index (Phi) is 6.76. The second-order valence-corrected chi connectivity index (χ2v) is 9.70. The number of likely N-dealkylation sites (tertiary alicyclic amines) is 1. The van der Waals surface area contributed by atoms with Gasteiger partial charge in [0.2, 0.25) is 5.82 Å². The molecule has 1 aromatic carbocycles. The van der Waals surface area contributed by atoms with Gasteiger partial charge in [0.1, 0.15) is 29.9 Å². The Bertz CT molecular complexity index is 1150. The zero-order valence-electron chi connectivity index (χ0n) is 20.0. The highest BCUT2D eigenvalue weighted by molar-refractivity contribution is 5.68. The number of piperidine rings is 1. The van der Waals surface area contributed by atoms with Crippen molar-refractivity contribution >= 4 is 17.6 Å². The lowest BCUT2D eigenvalue weighted by Gasteiger charge is -2.46. The summed E-state index contributed by atoms with van der Waals surface area (Å²) in [6.45, 7) is 8.26. The van der Waals surface area contributed by atoms with Crippen LogP contribution in [-0.4, -0.2) is 59.0 Å². The molecule has 0 aliphatic carbocycles. The van der Waals surface area contributed by atoms with Gasteiger partial charge in [-0.2, -0.15) is 14.6 Å². The molecule has 4 rings (SSSR count). The van der Waals surface area contributed by atoms with E-state index in [0.29, 0.717) is 26.3 Å². The van der Waals surface area contributed by atoms with Gasteiger partial charge in [-0.25, -0.2) is 14.2 Å². The number of nitrogens with zero attached hydrogens (tertiary/aromatic N) is 4. The third-order valence-corrected chi connectivity index (χ3v) is 5.92. The molecule has 2 atom stereocenters. The van der Waals surface area contributed by atoms with Crippen molar-refractivity contribution in [3.05, 3.63) is 41.2 Å². The fraction of sp³-hybridized carbons (Fsp3) is 0.500. The smallest absolute Gasteiger partial charge is 0.410 e. The lowest BCUT2D eigenvalue weighted by Crippen LogP contribution is -2.59. The highest BCUT2D eigenvalue weighted by Gasteiger charge is 2.44. The van der Waals surface area contributed by atoms with E-state index in [1.807, 2.05) is 6.07 Å². The van der Waals surface area contributed by atoms with Crippen LogP contribution >= 0.6 is 0 Å². The second-order valence-electron chi connectivity index (χ2n) is 9.70. The number of rotatable bonds is 4. The van der Waals surface area contributed by atoms with E-state index in [1.165, 1.54) is 19.1 Å². The molecular weight excluding hydrogens is 460 g/mol. The predicted octanol–water partition coefficient (Wildman–Crippen LogP) is 3.94. The number of aromatic nitrogens is 2. The largest absolute Gasteiger partial charge is 0.471 e. The maximum absolute atomic E-state index is 15.3. The SMILES string of the molecule is Cc1c(F)ccc(Nc2ncnc(OC3C4COCC3CN(C(=O)OC(C)(C)C)C4)c2F)c1C#N. The Morgan fingerprint density at radius 3 is 2.54 bits per heavy atom. The molecule has 2 aliphatic rings. The molecule has 0 spiro atoms. The highest BCUT2D eigenvalue weighted by atomic mass is 19.1. The van der Waals surface area contributed by atoms with Crippen molar-refractivity contribution in [2.75, 3.05) is 31.6 Å². The summed E-state index contributed by atoms with van der Waals surface area (Å²) in [6.07, 6.45) is 0.309. The molecule has 0 saturated carbocycles. The zero-order valence-corrected chi connectivity index (χ0v) is 20.0. The molecule has 2 bridgehead atoms. The van der Waals surface area contributed by atoms with Crippen LogP contribution in [0.2, 0.25) is 0 Å². The molecule has 186 valence electrons. The molecule has 35 heavy (non-hydrogen) atoms. The molecule has 2 unspecified atom stereocenters. The summed E-state index contributed by atoms with van der Waals surface area (Å²) < 4.78 is 46.3. The van der Waals surface area contributed by atoms with Crippen LogP contribution in [-0.2, 0) is 9.47 Å². The zero-order chi connectivity index (χ0) is 25.3. The topological polar surface area (TPSA) is 110 Å². The fourth-order valence-corrected chi connectivity index (χ4v) is 4.28. The molecule has 2 aromatic rings. The first-order chi connectivity index (χ1) is 16.6. The van der Waals surface area contributed by atoms with E-state index >= 15 is 4.39 Å². The minimum absolute atomic E-state index is 0.0478. The van der Waals surface area contributed by atoms with Crippen LogP contribution in [0.5, 0.6) is 5.88 Å². The summed E-state index contributed by atoms with van der Waals surface area (Å²) in [5, 5.41) is 12.1. The number of halogens is 2. The van der Waals surface area contributed by atoms with Crippen LogP contribution in [0, 0.1) is 41.7 Å². The summed E-state index contributed by atoms with van der Waals surface area (Å²) in [6, 6.07) is 4.46.